The van der Waals surface area contributed by atoms with Gasteiger partial charge in [0.1, 0.15) is 6.61 Å². The molecule has 0 heterocycles. The van der Waals surface area contributed by atoms with Gasteiger partial charge in [0, 0.05) is 16.9 Å². The normalized spacial score (nSPS) is 10.1. The molecule has 0 spiro atoms. The lowest BCUT2D eigenvalue weighted by atomic mass is 10.1. The zero-order valence-electron chi connectivity index (χ0n) is 11.2. The summed E-state index contributed by atoms with van der Waals surface area (Å²) in [5.74, 6) is -1.09. The molecule has 0 aliphatic rings. The molecule has 21 heavy (non-hydrogen) atoms. The molecular formula is C15H15N3O3. The van der Waals surface area contributed by atoms with E-state index in [-0.39, 0.29) is 17.9 Å². The Morgan fingerprint density at radius 1 is 1.05 bits per heavy atom. The van der Waals surface area contributed by atoms with E-state index in [0.29, 0.717) is 16.8 Å². The van der Waals surface area contributed by atoms with Crippen molar-refractivity contribution in [2.45, 2.75) is 6.61 Å². The van der Waals surface area contributed by atoms with Crippen LogP contribution < -0.4 is 17.2 Å². The Balaban J connectivity index is 2.07. The number of primary amides is 1. The van der Waals surface area contributed by atoms with Crippen molar-refractivity contribution in [1.29, 1.82) is 0 Å². The van der Waals surface area contributed by atoms with Crippen LogP contribution in [0.15, 0.2) is 42.5 Å². The van der Waals surface area contributed by atoms with Gasteiger partial charge in [-0.1, -0.05) is 12.1 Å². The second-order valence-corrected chi connectivity index (χ2v) is 4.49. The number of carbonyl (C=O) groups excluding carboxylic acids is 2. The minimum absolute atomic E-state index is 0.0176. The molecule has 0 saturated carbocycles. The maximum Gasteiger partial charge on any atom is 0.340 e. The second-order valence-electron chi connectivity index (χ2n) is 4.49. The van der Waals surface area contributed by atoms with Gasteiger partial charge in [0.25, 0.3) is 0 Å². The van der Waals surface area contributed by atoms with Crippen molar-refractivity contribution in [2.75, 3.05) is 11.5 Å². The molecule has 108 valence electrons. The fourth-order valence-corrected chi connectivity index (χ4v) is 1.81. The quantitative estimate of drug-likeness (QED) is 0.577. The molecule has 0 saturated heterocycles. The molecule has 0 unspecified atom stereocenters. The van der Waals surface area contributed by atoms with E-state index in [4.69, 9.17) is 21.9 Å². The number of hydrogen-bond donors (Lipinski definition) is 3. The Kier molecular flexibility index (Phi) is 4.08. The lowest BCUT2D eigenvalue weighted by molar-refractivity contribution is 0.0474. The Morgan fingerprint density at radius 2 is 1.81 bits per heavy atom. The number of esters is 1. The van der Waals surface area contributed by atoms with Crippen LogP contribution in [0.5, 0.6) is 0 Å². The molecule has 1 amide bonds. The largest absolute Gasteiger partial charge is 0.457 e. The fraction of sp³-hybridized carbons (Fsp3) is 0.0667. The maximum atomic E-state index is 11.9. The summed E-state index contributed by atoms with van der Waals surface area (Å²) in [6.07, 6.45) is 0. The van der Waals surface area contributed by atoms with Crippen molar-refractivity contribution >= 4 is 23.3 Å². The first kappa shape index (κ1) is 14.4. The van der Waals surface area contributed by atoms with Gasteiger partial charge < -0.3 is 21.9 Å². The van der Waals surface area contributed by atoms with Crippen LogP contribution >= 0.6 is 0 Å². The Morgan fingerprint density at radius 3 is 2.48 bits per heavy atom. The number of benzene rings is 2. The van der Waals surface area contributed by atoms with Crippen LogP contribution in [0.25, 0.3) is 0 Å². The van der Waals surface area contributed by atoms with Crippen molar-refractivity contribution in [3.63, 3.8) is 0 Å². The highest BCUT2D eigenvalue weighted by Crippen LogP contribution is 2.17. The third-order valence-corrected chi connectivity index (χ3v) is 2.88. The van der Waals surface area contributed by atoms with Crippen molar-refractivity contribution < 1.29 is 14.3 Å². The number of rotatable bonds is 4. The van der Waals surface area contributed by atoms with Crippen molar-refractivity contribution in [3.05, 3.63) is 59.2 Å². The van der Waals surface area contributed by atoms with Gasteiger partial charge >= 0.3 is 5.97 Å². The predicted molar refractivity (Wildman–Crippen MR) is 79.3 cm³/mol. The predicted octanol–water partition coefficient (Wildman–Crippen LogP) is 1.31. The molecule has 6 N–H and O–H groups in total. The molecule has 2 rings (SSSR count). The smallest absolute Gasteiger partial charge is 0.340 e. The number of ether oxygens (including phenoxy) is 1. The lowest BCUT2D eigenvalue weighted by Gasteiger charge is -2.08. The number of amides is 1. The van der Waals surface area contributed by atoms with Crippen LogP contribution in [0, 0.1) is 0 Å². The van der Waals surface area contributed by atoms with Crippen LogP contribution in [0.2, 0.25) is 0 Å². The summed E-state index contributed by atoms with van der Waals surface area (Å²) in [6, 6.07) is 11.1. The van der Waals surface area contributed by atoms with Crippen LogP contribution in [0.4, 0.5) is 11.4 Å². The summed E-state index contributed by atoms with van der Waals surface area (Å²) >= 11 is 0. The summed E-state index contributed by atoms with van der Waals surface area (Å²) in [5, 5.41) is 0. The standard InChI is InChI=1S/C15H15N3O3/c16-11-4-5-12(13(17)7-11)15(20)21-8-9-2-1-3-10(6-9)14(18)19/h1-7H,8,16-17H2,(H2,18,19). The number of nitrogen functional groups attached to an aromatic ring is 2. The number of anilines is 2. The van der Waals surface area contributed by atoms with Crippen LogP contribution in [0.3, 0.4) is 0 Å². The SMILES string of the molecule is NC(=O)c1cccc(COC(=O)c2ccc(N)cc2N)c1. The van der Waals surface area contributed by atoms with Gasteiger partial charge in [0.2, 0.25) is 5.91 Å². The third-order valence-electron chi connectivity index (χ3n) is 2.88. The van der Waals surface area contributed by atoms with E-state index in [1.165, 1.54) is 12.1 Å². The van der Waals surface area contributed by atoms with Gasteiger partial charge in [-0.25, -0.2) is 4.79 Å². The van der Waals surface area contributed by atoms with E-state index < -0.39 is 11.9 Å². The molecule has 2 aromatic rings. The molecule has 0 aromatic heterocycles. The van der Waals surface area contributed by atoms with Crippen LogP contribution in [-0.4, -0.2) is 11.9 Å². The van der Waals surface area contributed by atoms with E-state index in [9.17, 15) is 9.59 Å². The number of nitrogens with two attached hydrogens (primary N) is 3. The molecule has 0 aliphatic carbocycles. The topological polar surface area (TPSA) is 121 Å². The summed E-state index contributed by atoms with van der Waals surface area (Å²) in [7, 11) is 0. The Bertz CT molecular complexity index is 698. The number of carbonyl (C=O) groups is 2. The first-order valence-corrected chi connectivity index (χ1v) is 6.18. The molecule has 6 heteroatoms. The molecule has 0 atom stereocenters. The van der Waals surface area contributed by atoms with E-state index >= 15 is 0 Å². The second kappa shape index (κ2) is 5.96. The van der Waals surface area contributed by atoms with Crippen molar-refractivity contribution in [1.82, 2.24) is 0 Å². The van der Waals surface area contributed by atoms with Gasteiger partial charge in [-0.2, -0.15) is 0 Å². The van der Waals surface area contributed by atoms with Gasteiger partial charge in [-0.05, 0) is 35.9 Å². The highest BCUT2D eigenvalue weighted by Gasteiger charge is 2.12. The number of hydrogen-bond acceptors (Lipinski definition) is 5. The summed E-state index contributed by atoms with van der Waals surface area (Å²) in [4.78, 5) is 23.0. The average molecular weight is 285 g/mol. The fourth-order valence-electron chi connectivity index (χ4n) is 1.81. The highest BCUT2D eigenvalue weighted by atomic mass is 16.5. The third kappa shape index (κ3) is 3.50. The molecule has 0 radical (unpaired) electrons. The zero-order chi connectivity index (χ0) is 15.4. The van der Waals surface area contributed by atoms with E-state index in [0.717, 1.165) is 0 Å². The van der Waals surface area contributed by atoms with Crippen molar-refractivity contribution in [2.24, 2.45) is 5.73 Å². The van der Waals surface area contributed by atoms with E-state index in [1.807, 2.05) is 0 Å². The summed E-state index contributed by atoms with van der Waals surface area (Å²) in [5.41, 5.74) is 18.5. The monoisotopic (exact) mass is 285 g/mol. The van der Waals surface area contributed by atoms with Gasteiger partial charge in [-0.15, -0.1) is 0 Å². The summed E-state index contributed by atoms with van der Waals surface area (Å²) < 4.78 is 5.16. The van der Waals surface area contributed by atoms with Gasteiger partial charge in [0.15, 0.2) is 0 Å². The van der Waals surface area contributed by atoms with Crippen LogP contribution in [0.1, 0.15) is 26.3 Å². The summed E-state index contributed by atoms with van der Waals surface area (Å²) in [6.45, 7) is 0.0176. The average Bonchev–Trinajstić information content (AvgIpc) is 2.45. The molecule has 6 nitrogen and oxygen atoms in total. The first-order valence-electron chi connectivity index (χ1n) is 6.18. The lowest BCUT2D eigenvalue weighted by Crippen LogP contribution is -2.12. The molecular weight excluding hydrogens is 270 g/mol. The van der Waals surface area contributed by atoms with Gasteiger partial charge in [0.05, 0.1) is 5.56 Å². The minimum Gasteiger partial charge on any atom is -0.457 e. The first-order chi connectivity index (χ1) is 9.97. The van der Waals surface area contributed by atoms with E-state index in [1.54, 1.807) is 30.3 Å². The van der Waals surface area contributed by atoms with Crippen LogP contribution in [-0.2, 0) is 11.3 Å². The molecule has 0 fully saturated rings. The Hall–Kier alpha value is -3.02. The minimum atomic E-state index is -0.558. The highest BCUT2D eigenvalue weighted by molar-refractivity contribution is 5.96. The maximum absolute atomic E-state index is 11.9. The molecule has 0 bridgehead atoms. The van der Waals surface area contributed by atoms with Crippen molar-refractivity contribution in [3.8, 4) is 0 Å². The molecule has 0 aliphatic heterocycles. The van der Waals surface area contributed by atoms with Gasteiger partial charge in [-0.3, -0.25) is 4.79 Å². The molecule has 2 aromatic carbocycles. The zero-order valence-corrected chi connectivity index (χ0v) is 11.2. The van der Waals surface area contributed by atoms with E-state index in [2.05, 4.69) is 0 Å². The Labute approximate surface area is 121 Å².